The summed E-state index contributed by atoms with van der Waals surface area (Å²) in [5, 5.41) is 2.63. The Balaban J connectivity index is 2.20. The summed E-state index contributed by atoms with van der Waals surface area (Å²) in [4.78, 5) is 4.73. The van der Waals surface area contributed by atoms with Gasteiger partial charge in [-0.05, 0) is 48.6 Å². The van der Waals surface area contributed by atoms with Crippen molar-refractivity contribution in [2.24, 2.45) is 0 Å². The maximum atomic E-state index is 4.73. The molecule has 0 spiro atoms. The molecule has 1 aliphatic rings. The molecular weight excluding hydrogens is 218 g/mol. The van der Waals surface area contributed by atoms with Gasteiger partial charge in [0.25, 0.3) is 0 Å². The van der Waals surface area contributed by atoms with Crippen LogP contribution in [0.25, 0.3) is 16.3 Å². The topological polar surface area (TPSA) is 12.9 Å². The fourth-order valence-electron chi connectivity index (χ4n) is 2.91. The van der Waals surface area contributed by atoms with Gasteiger partial charge in [-0.2, -0.15) is 0 Å². The van der Waals surface area contributed by atoms with E-state index in [0.717, 1.165) is 6.42 Å². The van der Waals surface area contributed by atoms with Crippen molar-refractivity contribution in [3.63, 3.8) is 0 Å². The molecule has 18 heavy (non-hydrogen) atoms. The third kappa shape index (κ3) is 1.94. The molecule has 0 unspecified atom stereocenters. The van der Waals surface area contributed by atoms with E-state index in [0.29, 0.717) is 0 Å². The van der Waals surface area contributed by atoms with Gasteiger partial charge in [0, 0.05) is 11.6 Å². The van der Waals surface area contributed by atoms with Gasteiger partial charge in [-0.25, -0.2) is 0 Å². The molecule has 0 N–H and O–H groups in total. The summed E-state index contributed by atoms with van der Waals surface area (Å²) < 4.78 is 0. The van der Waals surface area contributed by atoms with E-state index in [1.807, 2.05) is 6.20 Å². The molecule has 0 amide bonds. The Labute approximate surface area is 109 Å². The summed E-state index contributed by atoms with van der Waals surface area (Å²) in [6, 6.07) is 8.59. The molecule has 0 aliphatic heterocycles. The minimum absolute atomic E-state index is 1.06. The summed E-state index contributed by atoms with van der Waals surface area (Å²) in [5.41, 5.74) is 4.13. The second-order valence-corrected chi connectivity index (χ2v) is 5.00. The highest BCUT2D eigenvalue weighted by Crippen LogP contribution is 2.31. The van der Waals surface area contributed by atoms with E-state index in [1.165, 1.54) is 53.3 Å². The number of rotatable bonds is 2. The van der Waals surface area contributed by atoms with Gasteiger partial charge in [-0.1, -0.05) is 37.3 Å². The van der Waals surface area contributed by atoms with E-state index in [2.05, 4.69) is 37.3 Å². The molecule has 1 heteroatoms. The molecule has 3 rings (SSSR count). The van der Waals surface area contributed by atoms with Crippen molar-refractivity contribution >= 4 is 16.3 Å². The minimum atomic E-state index is 1.06. The average Bonchev–Trinajstić information content (AvgIpc) is 2.47. The Kier molecular flexibility index (Phi) is 3.14. The van der Waals surface area contributed by atoms with Gasteiger partial charge in [-0.3, -0.25) is 4.98 Å². The Bertz CT molecular complexity index is 596. The van der Waals surface area contributed by atoms with Gasteiger partial charge < -0.3 is 0 Å². The smallest absolute Gasteiger partial charge is 0.0696 e. The van der Waals surface area contributed by atoms with E-state index in [1.54, 1.807) is 0 Å². The van der Waals surface area contributed by atoms with Crippen molar-refractivity contribution < 1.29 is 0 Å². The standard InChI is InChI=1S/C17H19N/c1-2-15-16-11-7-6-10-14(16)12-18-17(15)13-8-4-3-5-9-13/h6-8,10-12H,2-5,9H2,1H3. The quantitative estimate of drug-likeness (QED) is 0.734. The zero-order chi connectivity index (χ0) is 12.4. The van der Waals surface area contributed by atoms with Crippen LogP contribution in [0.15, 0.2) is 36.5 Å². The predicted molar refractivity (Wildman–Crippen MR) is 77.6 cm³/mol. The summed E-state index contributed by atoms with van der Waals surface area (Å²) in [7, 11) is 0. The molecule has 1 aliphatic carbocycles. The summed E-state index contributed by atoms with van der Waals surface area (Å²) in [6.45, 7) is 2.23. The number of hydrogen-bond acceptors (Lipinski definition) is 1. The number of benzene rings is 1. The second-order valence-electron chi connectivity index (χ2n) is 5.00. The zero-order valence-electron chi connectivity index (χ0n) is 10.9. The number of pyridine rings is 1. The SMILES string of the molecule is CCc1c(C2=CCCCC2)ncc2ccccc12. The van der Waals surface area contributed by atoms with Crippen LogP contribution in [-0.4, -0.2) is 4.98 Å². The number of allylic oxidation sites excluding steroid dienone is 2. The monoisotopic (exact) mass is 237 g/mol. The van der Waals surface area contributed by atoms with E-state index in [9.17, 15) is 0 Å². The van der Waals surface area contributed by atoms with Crippen molar-refractivity contribution in [1.29, 1.82) is 0 Å². The molecule has 92 valence electrons. The van der Waals surface area contributed by atoms with Gasteiger partial charge >= 0.3 is 0 Å². The van der Waals surface area contributed by atoms with Crippen molar-refractivity contribution in [2.45, 2.75) is 39.0 Å². The van der Waals surface area contributed by atoms with Crippen LogP contribution >= 0.6 is 0 Å². The fraction of sp³-hybridized carbons (Fsp3) is 0.353. The van der Waals surface area contributed by atoms with Crippen LogP contribution in [0, 0.1) is 0 Å². The highest BCUT2D eigenvalue weighted by molar-refractivity contribution is 5.88. The van der Waals surface area contributed by atoms with Crippen LogP contribution in [0.3, 0.4) is 0 Å². The van der Waals surface area contributed by atoms with Crippen LogP contribution in [-0.2, 0) is 6.42 Å². The first-order valence-corrected chi connectivity index (χ1v) is 6.96. The first-order valence-electron chi connectivity index (χ1n) is 6.96. The van der Waals surface area contributed by atoms with Gasteiger partial charge in [0.2, 0.25) is 0 Å². The van der Waals surface area contributed by atoms with Crippen LogP contribution in [0.2, 0.25) is 0 Å². The van der Waals surface area contributed by atoms with Crippen LogP contribution < -0.4 is 0 Å². The maximum Gasteiger partial charge on any atom is 0.0696 e. The predicted octanol–water partition coefficient (Wildman–Crippen LogP) is 4.75. The molecule has 0 radical (unpaired) electrons. The number of hydrogen-bond donors (Lipinski definition) is 0. The molecule has 0 saturated carbocycles. The molecule has 0 atom stereocenters. The van der Waals surface area contributed by atoms with Crippen molar-refractivity contribution in [3.05, 3.63) is 47.8 Å². The first kappa shape index (κ1) is 11.5. The largest absolute Gasteiger partial charge is 0.256 e. The zero-order valence-corrected chi connectivity index (χ0v) is 10.9. The first-order chi connectivity index (χ1) is 8.90. The lowest BCUT2D eigenvalue weighted by molar-refractivity contribution is 0.739. The highest BCUT2D eigenvalue weighted by atomic mass is 14.7. The number of aryl methyl sites for hydroxylation is 1. The van der Waals surface area contributed by atoms with Gasteiger partial charge in [0.05, 0.1) is 5.69 Å². The molecular formula is C17H19N. The summed E-state index contributed by atoms with van der Waals surface area (Å²) in [6.07, 6.45) is 10.5. The van der Waals surface area contributed by atoms with Crippen LogP contribution in [0.1, 0.15) is 43.9 Å². The molecule has 2 aromatic rings. The fourth-order valence-corrected chi connectivity index (χ4v) is 2.91. The van der Waals surface area contributed by atoms with Gasteiger partial charge in [-0.15, -0.1) is 0 Å². The Morgan fingerprint density at radius 1 is 1.17 bits per heavy atom. The Hall–Kier alpha value is -1.63. The van der Waals surface area contributed by atoms with Crippen molar-refractivity contribution in [2.75, 3.05) is 0 Å². The van der Waals surface area contributed by atoms with Gasteiger partial charge in [0.1, 0.15) is 0 Å². The highest BCUT2D eigenvalue weighted by Gasteiger charge is 2.13. The molecule has 1 aromatic heterocycles. The number of nitrogens with zero attached hydrogens (tertiary/aromatic N) is 1. The van der Waals surface area contributed by atoms with Crippen LogP contribution in [0.5, 0.6) is 0 Å². The van der Waals surface area contributed by atoms with E-state index in [-0.39, 0.29) is 0 Å². The van der Waals surface area contributed by atoms with E-state index >= 15 is 0 Å². The third-order valence-electron chi connectivity index (χ3n) is 3.85. The van der Waals surface area contributed by atoms with Crippen molar-refractivity contribution in [3.8, 4) is 0 Å². The third-order valence-corrected chi connectivity index (χ3v) is 3.85. The summed E-state index contributed by atoms with van der Waals surface area (Å²) in [5.74, 6) is 0. The molecule has 1 aromatic carbocycles. The molecule has 1 nitrogen and oxygen atoms in total. The normalized spacial score (nSPS) is 15.7. The van der Waals surface area contributed by atoms with Crippen LogP contribution in [0.4, 0.5) is 0 Å². The maximum absolute atomic E-state index is 4.73. The Morgan fingerprint density at radius 2 is 2.06 bits per heavy atom. The molecule has 1 heterocycles. The van der Waals surface area contributed by atoms with Gasteiger partial charge in [0.15, 0.2) is 0 Å². The lowest BCUT2D eigenvalue weighted by atomic mass is 9.91. The minimum Gasteiger partial charge on any atom is -0.256 e. The van der Waals surface area contributed by atoms with Crippen molar-refractivity contribution in [1.82, 2.24) is 4.98 Å². The molecule has 0 bridgehead atoms. The number of aromatic nitrogens is 1. The molecule has 0 fully saturated rings. The Morgan fingerprint density at radius 3 is 2.83 bits per heavy atom. The van der Waals surface area contributed by atoms with E-state index < -0.39 is 0 Å². The van der Waals surface area contributed by atoms with E-state index in [4.69, 9.17) is 4.98 Å². The number of fused-ring (bicyclic) bond motifs is 1. The second kappa shape index (κ2) is 4.93. The lowest BCUT2D eigenvalue weighted by Gasteiger charge is -2.16. The molecule has 0 saturated heterocycles. The average molecular weight is 237 g/mol. The lowest BCUT2D eigenvalue weighted by Crippen LogP contribution is -2.00. The summed E-state index contributed by atoms with van der Waals surface area (Å²) >= 11 is 0.